The van der Waals surface area contributed by atoms with Gasteiger partial charge in [-0.2, -0.15) is 4.98 Å². The van der Waals surface area contributed by atoms with Crippen LogP contribution >= 0.6 is 11.6 Å². The summed E-state index contributed by atoms with van der Waals surface area (Å²) in [7, 11) is 1.64. The molecule has 0 radical (unpaired) electrons. The summed E-state index contributed by atoms with van der Waals surface area (Å²) in [6.07, 6.45) is 0. The number of aryl methyl sites for hydroxylation is 1. The molecular weight excluding hydrogens is 324 g/mol. The van der Waals surface area contributed by atoms with Crippen molar-refractivity contribution in [1.29, 1.82) is 0 Å². The Kier molecular flexibility index (Phi) is 4.82. The molecule has 0 atom stereocenters. The lowest BCUT2D eigenvalue weighted by atomic mass is 10.3. The van der Waals surface area contributed by atoms with Gasteiger partial charge in [0.2, 0.25) is 5.95 Å². The average Bonchev–Trinajstić information content (AvgIpc) is 2.57. The summed E-state index contributed by atoms with van der Waals surface area (Å²) in [6.45, 7) is 1.92. The van der Waals surface area contributed by atoms with Crippen LogP contribution in [0.1, 0.15) is 5.69 Å². The largest absolute Gasteiger partial charge is 0.495 e. The third kappa shape index (κ3) is 3.94. The average molecular weight is 341 g/mol. The van der Waals surface area contributed by atoms with Crippen LogP contribution < -0.4 is 15.4 Å². The second-order valence-corrected chi connectivity index (χ2v) is 5.61. The van der Waals surface area contributed by atoms with Gasteiger partial charge in [-0.05, 0) is 43.3 Å². The maximum atomic E-state index is 5.90. The Morgan fingerprint density at radius 3 is 2.46 bits per heavy atom. The van der Waals surface area contributed by atoms with Crippen LogP contribution in [-0.2, 0) is 0 Å². The number of nitrogens with zero attached hydrogens (tertiary/aromatic N) is 2. The fraction of sp³-hybridized carbons (Fsp3) is 0.111. The van der Waals surface area contributed by atoms with Gasteiger partial charge >= 0.3 is 0 Å². The first-order valence-electron chi connectivity index (χ1n) is 7.42. The number of hydrogen-bond acceptors (Lipinski definition) is 5. The molecule has 1 heterocycles. The lowest BCUT2D eigenvalue weighted by molar-refractivity contribution is 0.417. The number of ether oxygens (including phenoxy) is 1. The number of para-hydroxylation sites is 2. The minimum Gasteiger partial charge on any atom is -0.495 e. The smallest absolute Gasteiger partial charge is 0.229 e. The van der Waals surface area contributed by atoms with Crippen molar-refractivity contribution in [3.05, 3.63) is 65.3 Å². The second-order valence-electron chi connectivity index (χ2n) is 5.18. The molecule has 0 saturated heterocycles. The summed E-state index contributed by atoms with van der Waals surface area (Å²) in [5.41, 5.74) is 2.56. The van der Waals surface area contributed by atoms with Crippen molar-refractivity contribution in [2.45, 2.75) is 6.92 Å². The number of methoxy groups -OCH3 is 1. The highest BCUT2D eigenvalue weighted by Gasteiger charge is 2.06. The monoisotopic (exact) mass is 340 g/mol. The van der Waals surface area contributed by atoms with Crippen LogP contribution in [0.15, 0.2) is 54.6 Å². The molecule has 0 fully saturated rings. The van der Waals surface area contributed by atoms with E-state index in [1.165, 1.54) is 0 Å². The summed E-state index contributed by atoms with van der Waals surface area (Å²) < 4.78 is 5.35. The van der Waals surface area contributed by atoms with E-state index in [4.69, 9.17) is 16.3 Å². The molecule has 0 bridgehead atoms. The van der Waals surface area contributed by atoms with Gasteiger partial charge in [0, 0.05) is 22.5 Å². The molecule has 0 unspecified atom stereocenters. The van der Waals surface area contributed by atoms with E-state index in [0.717, 1.165) is 22.8 Å². The van der Waals surface area contributed by atoms with Crippen molar-refractivity contribution in [2.75, 3.05) is 17.7 Å². The van der Waals surface area contributed by atoms with Crippen LogP contribution in [0.2, 0.25) is 5.02 Å². The van der Waals surface area contributed by atoms with Gasteiger partial charge in [-0.1, -0.05) is 23.7 Å². The highest BCUT2D eigenvalue weighted by atomic mass is 35.5. The van der Waals surface area contributed by atoms with Gasteiger partial charge < -0.3 is 15.4 Å². The predicted octanol–water partition coefficient (Wildman–Crippen LogP) is 4.93. The van der Waals surface area contributed by atoms with E-state index in [1.807, 2.05) is 61.5 Å². The van der Waals surface area contributed by atoms with E-state index >= 15 is 0 Å². The van der Waals surface area contributed by atoms with Gasteiger partial charge in [-0.3, -0.25) is 0 Å². The normalized spacial score (nSPS) is 10.3. The summed E-state index contributed by atoms with van der Waals surface area (Å²) in [6, 6.07) is 16.9. The summed E-state index contributed by atoms with van der Waals surface area (Å²) >= 11 is 5.90. The zero-order valence-electron chi connectivity index (χ0n) is 13.4. The maximum absolute atomic E-state index is 5.90. The van der Waals surface area contributed by atoms with Crippen molar-refractivity contribution in [3.8, 4) is 5.75 Å². The first-order chi connectivity index (χ1) is 11.6. The first-order valence-corrected chi connectivity index (χ1v) is 7.80. The number of benzene rings is 2. The van der Waals surface area contributed by atoms with Gasteiger partial charge in [0.1, 0.15) is 11.6 Å². The molecule has 5 nitrogen and oxygen atoms in total. The fourth-order valence-electron chi connectivity index (χ4n) is 2.24. The number of hydrogen-bond donors (Lipinski definition) is 2. The molecule has 0 aliphatic rings. The maximum Gasteiger partial charge on any atom is 0.229 e. The quantitative estimate of drug-likeness (QED) is 0.689. The van der Waals surface area contributed by atoms with Gasteiger partial charge in [0.25, 0.3) is 0 Å². The zero-order chi connectivity index (χ0) is 16.9. The topological polar surface area (TPSA) is 59.1 Å². The highest BCUT2D eigenvalue weighted by molar-refractivity contribution is 6.30. The summed E-state index contributed by atoms with van der Waals surface area (Å²) in [5.74, 6) is 1.94. The molecule has 0 aliphatic carbocycles. The Hall–Kier alpha value is -2.79. The molecule has 3 aromatic rings. The lowest BCUT2D eigenvalue weighted by Gasteiger charge is -2.12. The predicted molar refractivity (Wildman–Crippen MR) is 97.8 cm³/mol. The van der Waals surface area contributed by atoms with Gasteiger partial charge in [-0.25, -0.2) is 4.98 Å². The Morgan fingerprint density at radius 1 is 0.958 bits per heavy atom. The van der Waals surface area contributed by atoms with Gasteiger partial charge in [0.05, 0.1) is 12.8 Å². The van der Waals surface area contributed by atoms with E-state index in [-0.39, 0.29) is 0 Å². The molecule has 6 heteroatoms. The molecule has 0 aliphatic heterocycles. The van der Waals surface area contributed by atoms with E-state index < -0.39 is 0 Å². The second kappa shape index (κ2) is 7.19. The van der Waals surface area contributed by atoms with Crippen LogP contribution in [0.4, 0.5) is 23.1 Å². The van der Waals surface area contributed by atoms with Crippen LogP contribution in [0.3, 0.4) is 0 Å². The zero-order valence-corrected chi connectivity index (χ0v) is 14.1. The van der Waals surface area contributed by atoms with Crippen LogP contribution in [0.5, 0.6) is 5.75 Å². The molecule has 0 saturated carbocycles. The van der Waals surface area contributed by atoms with Gasteiger partial charge in [-0.15, -0.1) is 0 Å². The lowest BCUT2D eigenvalue weighted by Crippen LogP contribution is -2.03. The number of aromatic nitrogens is 2. The van der Waals surface area contributed by atoms with E-state index in [0.29, 0.717) is 16.8 Å². The summed E-state index contributed by atoms with van der Waals surface area (Å²) in [4.78, 5) is 8.91. The Labute approximate surface area is 145 Å². The molecule has 1 aromatic heterocycles. The van der Waals surface area contributed by atoms with Crippen molar-refractivity contribution in [1.82, 2.24) is 9.97 Å². The number of rotatable bonds is 5. The third-order valence-electron chi connectivity index (χ3n) is 3.32. The molecule has 2 N–H and O–H groups in total. The number of anilines is 4. The van der Waals surface area contributed by atoms with Crippen molar-refractivity contribution in [3.63, 3.8) is 0 Å². The number of halogens is 1. The van der Waals surface area contributed by atoms with E-state index in [2.05, 4.69) is 20.6 Å². The highest BCUT2D eigenvalue weighted by Crippen LogP contribution is 2.27. The molecule has 3 rings (SSSR count). The third-order valence-corrected chi connectivity index (χ3v) is 3.58. The Bertz CT molecular complexity index is 837. The molecule has 2 aromatic carbocycles. The molecule has 0 spiro atoms. The minimum atomic E-state index is 0.509. The molecule has 0 amide bonds. The molecule has 122 valence electrons. The van der Waals surface area contributed by atoms with Crippen molar-refractivity contribution in [2.24, 2.45) is 0 Å². The molecule has 24 heavy (non-hydrogen) atoms. The first kappa shape index (κ1) is 16.1. The molecular formula is C18H17ClN4O. The van der Waals surface area contributed by atoms with Crippen LogP contribution in [0, 0.1) is 6.92 Å². The van der Waals surface area contributed by atoms with Crippen molar-refractivity contribution < 1.29 is 4.74 Å². The number of nitrogens with one attached hydrogen (secondary N) is 2. The summed E-state index contributed by atoms with van der Waals surface area (Å²) in [5, 5.41) is 7.12. The standard InChI is InChI=1S/C18H17ClN4O/c1-12-11-17(22-15-5-3-4-6-16(15)24-2)23-18(20-12)21-14-9-7-13(19)8-10-14/h3-11H,1-2H3,(H2,20,21,22,23). The Morgan fingerprint density at radius 2 is 1.71 bits per heavy atom. The van der Waals surface area contributed by atoms with Crippen LogP contribution in [0.25, 0.3) is 0 Å². The van der Waals surface area contributed by atoms with Gasteiger partial charge in [0.15, 0.2) is 0 Å². The van der Waals surface area contributed by atoms with E-state index in [9.17, 15) is 0 Å². The fourth-order valence-corrected chi connectivity index (χ4v) is 2.36. The SMILES string of the molecule is COc1ccccc1Nc1cc(C)nc(Nc2ccc(Cl)cc2)n1. The van der Waals surface area contributed by atoms with E-state index in [1.54, 1.807) is 7.11 Å². The van der Waals surface area contributed by atoms with Crippen molar-refractivity contribution >= 4 is 34.7 Å². The van der Waals surface area contributed by atoms with Crippen LogP contribution in [-0.4, -0.2) is 17.1 Å². The minimum absolute atomic E-state index is 0.509. The Balaban J connectivity index is 1.84.